The van der Waals surface area contributed by atoms with Gasteiger partial charge >= 0.3 is 0 Å². The average Bonchev–Trinajstić information content (AvgIpc) is 3.31. The van der Waals surface area contributed by atoms with Gasteiger partial charge in [-0.15, -0.1) is 10.2 Å². The van der Waals surface area contributed by atoms with Gasteiger partial charge in [0.2, 0.25) is 5.13 Å². The molecule has 0 radical (unpaired) electrons. The monoisotopic (exact) mass is 341 g/mol. The number of aryl methyl sites for hydroxylation is 1. The second-order valence-electron chi connectivity index (χ2n) is 5.89. The van der Waals surface area contributed by atoms with Gasteiger partial charge in [-0.1, -0.05) is 41.7 Å². The number of hydrogen-bond donors (Lipinski definition) is 1. The molecule has 0 bridgehead atoms. The standard InChI is InChI=1S/C17H19N5OS/c1-22-9-8-18-16(22)15-13(7-10-23-15)19-17-21-20-14(24-17)11-12-5-3-2-4-6-12/h2-6,8-9,13,15H,7,10-11H2,1H3,(H,19,21)/t13-,15-/m0/s1. The second-order valence-corrected chi connectivity index (χ2v) is 6.95. The molecule has 3 aromatic rings. The van der Waals surface area contributed by atoms with E-state index in [1.807, 2.05) is 36.0 Å². The van der Waals surface area contributed by atoms with Crippen molar-refractivity contribution >= 4 is 16.5 Å². The first-order chi connectivity index (χ1) is 11.8. The van der Waals surface area contributed by atoms with Gasteiger partial charge in [-0.2, -0.15) is 0 Å². The molecule has 2 aromatic heterocycles. The number of imidazole rings is 1. The third-order valence-electron chi connectivity index (χ3n) is 4.18. The molecule has 4 rings (SSSR count). The molecule has 3 heterocycles. The Bertz CT molecular complexity index is 800. The number of nitrogens with zero attached hydrogens (tertiary/aromatic N) is 4. The molecule has 24 heavy (non-hydrogen) atoms. The van der Waals surface area contributed by atoms with Crippen LogP contribution in [0.25, 0.3) is 0 Å². The van der Waals surface area contributed by atoms with Gasteiger partial charge in [0, 0.05) is 32.5 Å². The van der Waals surface area contributed by atoms with Crippen LogP contribution in [-0.2, 0) is 18.2 Å². The number of benzene rings is 1. The second kappa shape index (κ2) is 6.70. The quantitative estimate of drug-likeness (QED) is 0.773. The van der Waals surface area contributed by atoms with Gasteiger partial charge in [-0.25, -0.2) is 4.98 Å². The number of ether oxygens (including phenoxy) is 1. The first-order valence-electron chi connectivity index (χ1n) is 8.01. The fourth-order valence-corrected chi connectivity index (χ4v) is 3.79. The molecule has 6 nitrogen and oxygen atoms in total. The van der Waals surface area contributed by atoms with Crippen LogP contribution >= 0.6 is 11.3 Å². The third kappa shape index (κ3) is 3.18. The highest BCUT2D eigenvalue weighted by Crippen LogP contribution is 2.31. The van der Waals surface area contributed by atoms with E-state index in [1.54, 1.807) is 17.5 Å². The molecule has 0 aliphatic carbocycles. The summed E-state index contributed by atoms with van der Waals surface area (Å²) in [5, 5.41) is 13.9. The van der Waals surface area contributed by atoms with Crippen molar-refractivity contribution < 1.29 is 4.74 Å². The van der Waals surface area contributed by atoms with Gasteiger partial charge in [0.25, 0.3) is 0 Å². The van der Waals surface area contributed by atoms with E-state index in [1.165, 1.54) is 5.56 Å². The molecular formula is C17H19N5OS. The van der Waals surface area contributed by atoms with E-state index in [4.69, 9.17) is 4.74 Å². The number of aromatic nitrogens is 4. The zero-order valence-electron chi connectivity index (χ0n) is 13.4. The van der Waals surface area contributed by atoms with E-state index in [0.29, 0.717) is 0 Å². The fourth-order valence-electron chi connectivity index (χ4n) is 2.96. The van der Waals surface area contributed by atoms with Gasteiger partial charge in [-0.05, 0) is 12.0 Å². The van der Waals surface area contributed by atoms with Crippen molar-refractivity contribution in [3.63, 3.8) is 0 Å². The molecule has 1 aliphatic heterocycles. The van der Waals surface area contributed by atoms with E-state index in [-0.39, 0.29) is 12.1 Å². The maximum atomic E-state index is 5.88. The van der Waals surface area contributed by atoms with Crippen molar-refractivity contribution in [1.29, 1.82) is 0 Å². The van der Waals surface area contributed by atoms with E-state index in [2.05, 4.69) is 32.6 Å². The summed E-state index contributed by atoms with van der Waals surface area (Å²) < 4.78 is 7.88. The maximum Gasteiger partial charge on any atom is 0.206 e. The Hall–Kier alpha value is -2.25. The molecule has 7 heteroatoms. The van der Waals surface area contributed by atoms with Crippen LogP contribution in [0.4, 0.5) is 5.13 Å². The van der Waals surface area contributed by atoms with Crippen LogP contribution in [0.15, 0.2) is 42.7 Å². The highest BCUT2D eigenvalue weighted by molar-refractivity contribution is 7.15. The van der Waals surface area contributed by atoms with Crippen LogP contribution in [0.5, 0.6) is 0 Å². The van der Waals surface area contributed by atoms with Gasteiger partial charge in [0.05, 0.1) is 6.04 Å². The zero-order valence-corrected chi connectivity index (χ0v) is 14.2. The van der Waals surface area contributed by atoms with Crippen molar-refractivity contribution in [1.82, 2.24) is 19.7 Å². The summed E-state index contributed by atoms with van der Waals surface area (Å²) in [5.41, 5.74) is 1.25. The van der Waals surface area contributed by atoms with Gasteiger partial charge < -0.3 is 14.6 Å². The van der Waals surface area contributed by atoms with E-state index in [0.717, 1.165) is 35.4 Å². The number of rotatable bonds is 5. The Morgan fingerprint density at radius 1 is 1.29 bits per heavy atom. The molecule has 0 spiro atoms. The molecule has 1 aliphatic rings. The molecule has 0 saturated carbocycles. The summed E-state index contributed by atoms with van der Waals surface area (Å²) in [6.45, 7) is 0.727. The highest BCUT2D eigenvalue weighted by atomic mass is 32.1. The van der Waals surface area contributed by atoms with Gasteiger partial charge in [0.15, 0.2) is 0 Å². The van der Waals surface area contributed by atoms with Gasteiger partial charge in [0.1, 0.15) is 16.9 Å². The summed E-state index contributed by atoms with van der Waals surface area (Å²) in [6.07, 6.45) is 5.44. The Morgan fingerprint density at radius 2 is 2.17 bits per heavy atom. The zero-order chi connectivity index (χ0) is 16.4. The molecule has 0 unspecified atom stereocenters. The van der Waals surface area contributed by atoms with Crippen LogP contribution < -0.4 is 5.32 Å². The Morgan fingerprint density at radius 3 is 2.96 bits per heavy atom. The molecule has 1 fully saturated rings. The number of hydrogen-bond acceptors (Lipinski definition) is 6. The lowest BCUT2D eigenvalue weighted by Crippen LogP contribution is -2.25. The predicted molar refractivity (Wildman–Crippen MR) is 93.1 cm³/mol. The molecule has 1 N–H and O–H groups in total. The van der Waals surface area contributed by atoms with Crippen molar-refractivity contribution in [2.45, 2.75) is 25.0 Å². The summed E-state index contributed by atoms with van der Waals surface area (Å²) in [5.74, 6) is 0.944. The average molecular weight is 341 g/mol. The van der Waals surface area contributed by atoms with Crippen LogP contribution in [-0.4, -0.2) is 32.4 Å². The topological polar surface area (TPSA) is 64.9 Å². The van der Waals surface area contributed by atoms with Crippen molar-refractivity contribution in [3.05, 3.63) is 59.1 Å². The third-order valence-corrected chi connectivity index (χ3v) is 5.03. The molecular weight excluding hydrogens is 322 g/mol. The largest absolute Gasteiger partial charge is 0.368 e. The van der Waals surface area contributed by atoms with Crippen LogP contribution in [0.2, 0.25) is 0 Å². The first-order valence-corrected chi connectivity index (χ1v) is 8.83. The van der Waals surface area contributed by atoms with Crippen molar-refractivity contribution in [3.8, 4) is 0 Å². The molecule has 1 saturated heterocycles. The normalized spacial score (nSPS) is 20.4. The minimum absolute atomic E-state index is 0.0496. The number of nitrogens with one attached hydrogen (secondary N) is 1. The molecule has 124 valence electrons. The summed E-state index contributed by atoms with van der Waals surface area (Å²) >= 11 is 1.60. The Kier molecular flexibility index (Phi) is 4.27. The van der Waals surface area contributed by atoms with Crippen LogP contribution in [0.3, 0.4) is 0 Å². The van der Waals surface area contributed by atoms with Crippen molar-refractivity contribution in [2.75, 3.05) is 11.9 Å². The predicted octanol–water partition coefficient (Wildman–Crippen LogP) is 2.80. The fraction of sp³-hybridized carbons (Fsp3) is 0.353. The summed E-state index contributed by atoms with van der Waals surface area (Å²) in [7, 11) is 1.99. The van der Waals surface area contributed by atoms with E-state index in [9.17, 15) is 0 Å². The Labute approximate surface area is 144 Å². The van der Waals surface area contributed by atoms with E-state index < -0.39 is 0 Å². The number of anilines is 1. The summed E-state index contributed by atoms with van der Waals surface area (Å²) in [6, 6.07) is 10.5. The highest BCUT2D eigenvalue weighted by Gasteiger charge is 2.33. The minimum Gasteiger partial charge on any atom is -0.368 e. The van der Waals surface area contributed by atoms with Crippen LogP contribution in [0.1, 0.15) is 28.9 Å². The SMILES string of the molecule is Cn1ccnc1[C@H]1OCC[C@@H]1Nc1nnc(Cc2ccccc2)s1. The first kappa shape index (κ1) is 15.3. The van der Waals surface area contributed by atoms with E-state index >= 15 is 0 Å². The minimum atomic E-state index is -0.0496. The van der Waals surface area contributed by atoms with Gasteiger partial charge in [-0.3, -0.25) is 0 Å². The lowest BCUT2D eigenvalue weighted by molar-refractivity contribution is 0.0983. The van der Waals surface area contributed by atoms with Crippen LogP contribution in [0, 0.1) is 0 Å². The lowest BCUT2D eigenvalue weighted by atomic mass is 10.1. The molecule has 0 amide bonds. The smallest absolute Gasteiger partial charge is 0.206 e. The van der Waals surface area contributed by atoms with Crippen molar-refractivity contribution in [2.24, 2.45) is 7.05 Å². The molecule has 1 aromatic carbocycles. The lowest BCUT2D eigenvalue weighted by Gasteiger charge is -2.18. The maximum absolute atomic E-state index is 5.88. The Balaban J connectivity index is 1.45. The molecule has 2 atom stereocenters. The summed E-state index contributed by atoms with van der Waals surface area (Å²) in [4.78, 5) is 4.42.